The van der Waals surface area contributed by atoms with Gasteiger partial charge in [0.1, 0.15) is 6.61 Å². The van der Waals surface area contributed by atoms with Crippen molar-refractivity contribution >= 4 is 23.6 Å². The van der Waals surface area contributed by atoms with E-state index in [0.717, 1.165) is 5.75 Å². The molecule has 2 amide bonds. The third kappa shape index (κ3) is 3.63. The van der Waals surface area contributed by atoms with E-state index in [4.69, 9.17) is 20.9 Å². The fraction of sp³-hybridized carbons (Fsp3) is 0.429. The van der Waals surface area contributed by atoms with Crippen molar-refractivity contribution in [3.05, 3.63) is 24.3 Å². The summed E-state index contributed by atoms with van der Waals surface area (Å²) in [6.07, 6.45) is 0. The fourth-order valence-electron chi connectivity index (χ4n) is 2.34. The van der Waals surface area contributed by atoms with Crippen LogP contribution in [0.15, 0.2) is 24.3 Å². The molecule has 120 valence electrons. The summed E-state index contributed by atoms with van der Waals surface area (Å²) in [6.45, 7) is 0.850. The molecular formula is C14H19N3O4S. The van der Waals surface area contributed by atoms with Gasteiger partial charge in [-0.2, -0.15) is 0 Å². The lowest BCUT2D eigenvalue weighted by atomic mass is 10.2. The maximum atomic E-state index is 11.5. The number of primary amides is 2. The highest BCUT2D eigenvalue weighted by Crippen LogP contribution is 2.30. The van der Waals surface area contributed by atoms with Crippen LogP contribution in [0.5, 0.6) is 11.5 Å². The van der Waals surface area contributed by atoms with Gasteiger partial charge in [-0.05, 0) is 12.1 Å². The van der Waals surface area contributed by atoms with Crippen LogP contribution in [0.25, 0.3) is 0 Å². The molecule has 1 atom stereocenters. The molecule has 1 fully saturated rings. The molecule has 0 radical (unpaired) electrons. The van der Waals surface area contributed by atoms with E-state index in [-0.39, 0.29) is 5.37 Å². The van der Waals surface area contributed by atoms with E-state index in [1.807, 2.05) is 12.1 Å². The number of nitrogens with two attached hydrogens (primary N) is 2. The van der Waals surface area contributed by atoms with Crippen molar-refractivity contribution in [2.24, 2.45) is 11.5 Å². The molecule has 0 spiro atoms. The van der Waals surface area contributed by atoms with Gasteiger partial charge in [0.05, 0.1) is 12.5 Å². The first-order valence-electron chi connectivity index (χ1n) is 6.76. The molecule has 1 heterocycles. The summed E-state index contributed by atoms with van der Waals surface area (Å²) < 4.78 is 11.0. The third-order valence-corrected chi connectivity index (χ3v) is 4.56. The summed E-state index contributed by atoms with van der Waals surface area (Å²) in [5, 5.41) is -0.171. The number of methoxy groups -OCH3 is 1. The average Bonchev–Trinajstić information content (AvgIpc) is 2.92. The van der Waals surface area contributed by atoms with Gasteiger partial charge in [0, 0.05) is 12.3 Å². The molecule has 0 aromatic heterocycles. The second kappa shape index (κ2) is 7.37. The Labute approximate surface area is 132 Å². The lowest BCUT2D eigenvalue weighted by Crippen LogP contribution is -2.55. The van der Waals surface area contributed by atoms with Crippen molar-refractivity contribution < 1.29 is 19.1 Å². The Morgan fingerprint density at radius 3 is 2.55 bits per heavy atom. The highest BCUT2D eigenvalue weighted by molar-refractivity contribution is 8.00. The number of para-hydroxylation sites is 2. The lowest BCUT2D eigenvalue weighted by Gasteiger charge is -2.28. The topological polar surface area (TPSA) is 108 Å². The molecular weight excluding hydrogens is 306 g/mol. The van der Waals surface area contributed by atoms with Crippen LogP contribution in [0.2, 0.25) is 0 Å². The molecule has 2 rings (SSSR count). The number of nitrogens with zero attached hydrogens (tertiary/aromatic N) is 1. The second-order valence-corrected chi connectivity index (χ2v) is 6.02. The van der Waals surface area contributed by atoms with Gasteiger partial charge in [0.25, 0.3) is 0 Å². The summed E-state index contributed by atoms with van der Waals surface area (Å²) in [4.78, 5) is 24.6. The van der Waals surface area contributed by atoms with Gasteiger partial charge in [-0.25, -0.2) is 0 Å². The van der Waals surface area contributed by atoms with Crippen LogP contribution in [0.1, 0.15) is 0 Å². The Balaban J connectivity index is 2.05. The number of thioether (sulfide) groups is 1. The van der Waals surface area contributed by atoms with Crippen LogP contribution >= 0.6 is 11.8 Å². The highest BCUT2D eigenvalue weighted by Gasteiger charge is 2.38. The molecule has 0 saturated carbocycles. The molecule has 1 saturated heterocycles. The van der Waals surface area contributed by atoms with E-state index in [9.17, 15) is 9.59 Å². The predicted molar refractivity (Wildman–Crippen MR) is 83.6 cm³/mol. The quantitative estimate of drug-likeness (QED) is 0.672. The number of carbonyl (C=O) groups excluding carboxylic acids is 2. The summed E-state index contributed by atoms with van der Waals surface area (Å²) in [6, 6.07) is 6.17. The van der Waals surface area contributed by atoms with Crippen LogP contribution in [-0.2, 0) is 9.59 Å². The molecule has 22 heavy (non-hydrogen) atoms. The summed E-state index contributed by atoms with van der Waals surface area (Å²) in [7, 11) is 1.56. The Hall–Kier alpha value is -1.93. The number of ether oxygens (including phenoxy) is 2. The molecule has 1 aromatic carbocycles. The van der Waals surface area contributed by atoms with Gasteiger partial charge in [0.2, 0.25) is 11.8 Å². The van der Waals surface area contributed by atoms with E-state index < -0.39 is 17.9 Å². The van der Waals surface area contributed by atoms with E-state index in [1.54, 1.807) is 35.9 Å². The molecule has 0 bridgehead atoms. The zero-order valence-electron chi connectivity index (χ0n) is 12.2. The first-order valence-corrected chi connectivity index (χ1v) is 7.81. The van der Waals surface area contributed by atoms with Gasteiger partial charge in [-0.15, -0.1) is 11.8 Å². The first-order chi connectivity index (χ1) is 10.5. The van der Waals surface area contributed by atoms with E-state index >= 15 is 0 Å². The van der Waals surface area contributed by atoms with E-state index in [1.165, 1.54) is 0 Å². The molecule has 7 nitrogen and oxygen atoms in total. The predicted octanol–water partition coefficient (Wildman–Crippen LogP) is -0.212. The van der Waals surface area contributed by atoms with Crippen molar-refractivity contribution in [2.45, 2.75) is 11.4 Å². The highest BCUT2D eigenvalue weighted by atomic mass is 32.2. The monoisotopic (exact) mass is 325 g/mol. The number of amides is 2. The fourth-order valence-corrected chi connectivity index (χ4v) is 3.51. The van der Waals surface area contributed by atoms with Crippen molar-refractivity contribution in [1.29, 1.82) is 0 Å². The summed E-state index contributed by atoms with van der Waals surface area (Å²) in [5.41, 5.74) is 10.6. The largest absolute Gasteiger partial charge is 0.493 e. The zero-order valence-corrected chi connectivity index (χ0v) is 13.0. The Kier molecular flexibility index (Phi) is 5.51. The van der Waals surface area contributed by atoms with Gasteiger partial charge < -0.3 is 20.9 Å². The van der Waals surface area contributed by atoms with Gasteiger partial charge in [-0.3, -0.25) is 14.5 Å². The molecule has 1 aliphatic heterocycles. The first kappa shape index (κ1) is 16.4. The summed E-state index contributed by atoms with van der Waals surface area (Å²) >= 11 is 1.59. The third-order valence-electron chi connectivity index (χ3n) is 3.35. The Bertz CT molecular complexity index is 541. The van der Waals surface area contributed by atoms with E-state index in [2.05, 4.69) is 0 Å². The zero-order chi connectivity index (χ0) is 16.1. The van der Waals surface area contributed by atoms with Gasteiger partial charge >= 0.3 is 0 Å². The molecule has 1 aromatic rings. The number of carbonyl (C=O) groups is 2. The number of rotatable bonds is 7. The van der Waals surface area contributed by atoms with Crippen LogP contribution < -0.4 is 20.9 Å². The molecule has 8 heteroatoms. The molecule has 0 unspecified atom stereocenters. The molecule has 0 aliphatic carbocycles. The average molecular weight is 325 g/mol. The van der Waals surface area contributed by atoms with Gasteiger partial charge in [0.15, 0.2) is 17.5 Å². The van der Waals surface area contributed by atoms with Crippen LogP contribution in [-0.4, -0.2) is 54.1 Å². The number of hydrogen-bond acceptors (Lipinski definition) is 6. The maximum absolute atomic E-state index is 11.5. The minimum atomic E-state index is -1.11. The lowest BCUT2D eigenvalue weighted by molar-refractivity contribution is -0.133. The normalized spacial score (nSPS) is 18.4. The number of benzene rings is 1. The van der Waals surface area contributed by atoms with Crippen molar-refractivity contribution in [1.82, 2.24) is 4.90 Å². The van der Waals surface area contributed by atoms with Crippen molar-refractivity contribution in [3.8, 4) is 11.5 Å². The smallest absolute Gasteiger partial charge is 0.244 e. The standard InChI is InChI=1S/C14H19N3O4S/c1-20-9-4-2-3-5-10(9)21-8-11-17(6-7-22-11)12(13(15)18)14(16)19/h2-5,11-12H,6-8H2,1H3,(H2,15,18)(H2,16,19)/t11-/m1/s1. The van der Waals surface area contributed by atoms with Crippen LogP contribution in [0.4, 0.5) is 0 Å². The molecule has 4 N–H and O–H groups in total. The minimum absolute atomic E-state index is 0.171. The van der Waals surface area contributed by atoms with Crippen molar-refractivity contribution in [2.75, 3.05) is 26.0 Å². The van der Waals surface area contributed by atoms with Crippen LogP contribution in [0, 0.1) is 0 Å². The van der Waals surface area contributed by atoms with E-state index in [0.29, 0.717) is 24.7 Å². The Morgan fingerprint density at radius 2 is 1.95 bits per heavy atom. The summed E-state index contributed by atoms with van der Waals surface area (Å²) in [5.74, 6) is 0.525. The number of hydrogen-bond donors (Lipinski definition) is 2. The molecule has 1 aliphatic rings. The Morgan fingerprint density at radius 1 is 1.32 bits per heavy atom. The second-order valence-electron chi connectivity index (χ2n) is 4.73. The SMILES string of the molecule is COc1ccccc1OC[C@H]1SCCN1C(C(N)=O)C(N)=O. The van der Waals surface area contributed by atoms with Crippen molar-refractivity contribution in [3.63, 3.8) is 0 Å². The maximum Gasteiger partial charge on any atom is 0.244 e. The minimum Gasteiger partial charge on any atom is -0.493 e. The van der Waals surface area contributed by atoms with Crippen LogP contribution in [0.3, 0.4) is 0 Å². The van der Waals surface area contributed by atoms with Gasteiger partial charge in [-0.1, -0.05) is 12.1 Å².